The van der Waals surface area contributed by atoms with E-state index >= 15 is 0 Å². The van der Waals surface area contributed by atoms with Gasteiger partial charge in [0.1, 0.15) is 5.75 Å². The molecule has 2 atom stereocenters. The van der Waals surface area contributed by atoms with E-state index in [1.54, 1.807) is 17.9 Å². The van der Waals surface area contributed by atoms with Crippen LogP contribution in [0.4, 0.5) is 0 Å². The predicted octanol–water partition coefficient (Wildman–Crippen LogP) is 2.51. The van der Waals surface area contributed by atoms with Crippen molar-refractivity contribution in [2.75, 3.05) is 20.3 Å². The fourth-order valence-corrected chi connectivity index (χ4v) is 4.15. The minimum Gasteiger partial charge on any atom is -0.495 e. The molecule has 1 fully saturated rings. The lowest BCUT2D eigenvalue weighted by atomic mass is 9.97. The van der Waals surface area contributed by atoms with E-state index in [4.69, 9.17) is 21.1 Å². The molecule has 1 aliphatic carbocycles. The number of nitrogens with zero attached hydrogens (tertiary/aromatic N) is 2. The van der Waals surface area contributed by atoms with Crippen LogP contribution in [0.1, 0.15) is 35.7 Å². The molecule has 0 spiro atoms. The van der Waals surface area contributed by atoms with Crippen molar-refractivity contribution in [3.05, 3.63) is 56.5 Å². The maximum absolute atomic E-state index is 12.6. The molecule has 144 valence electrons. The summed E-state index contributed by atoms with van der Waals surface area (Å²) in [6.07, 6.45) is 4.17. The molecule has 1 aromatic heterocycles. The number of hydrogen-bond acceptors (Lipinski definition) is 5. The molecule has 0 amide bonds. The van der Waals surface area contributed by atoms with Gasteiger partial charge < -0.3 is 14.8 Å². The second-order valence-corrected chi connectivity index (χ2v) is 7.51. The van der Waals surface area contributed by atoms with Crippen molar-refractivity contribution in [2.24, 2.45) is 0 Å². The summed E-state index contributed by atoms with van der Waals surface area (Å²) in [5.41, 5.74) is 3.07. The van der Waals surface area contributed by atoms with Gasteiger partial charge >= 0.3 is 0 Å². The van der Waals surface area contributed by atoms with Crippen LogP contribution in [0, 0.1) is 0 Å². The zero-order valence-electron chi connectivity index (χ0n) is 15.4. The summed E-state index contributed by atoms with van der Waals surface area (Å²) in [6, 6.07) is 7.36. The van der Waals surface area contributed by atoms with Gasteiger partial charge in [0.25, 0.3) is 5.56 Å². The first-order valence-corrected chi connectivity index (χ1v) is 9.79. The van der Waals surface area contributed by atoms with Crippen LogP contribution in [0.15, 0.2) is 29.1 Å². The number of halogens is 1. The molecule has 7 heteroatoms. The predicted molar refractivity (Wildman–Crippen MR) is 104 cm³/mol. The standard InChI is InChI=1S/C20H24ClN3O3/c1-26-18-8-4-6-14(20(18)21)10-22-16-11-27-12-17(16)24-19(25)9-13-5-2-3-7-15(13)23-24/h4,6,8-9,16-17,22H,2-3,5,7,10-12H2,1H3. The van der Waals surface area contributed by atoms with E-state index in [9.17, 15) is 4.79 Å². The zero-order valence-corrected chi connectivity index (χ0v) is 16.2. The molecular formula is C20H24ClN3O3. The van der Waals surface area contributed by atoms with Gasteiger partial charge in [-0.1, -0.05) is 23.7 Å². The molecule has 4 rings (SSSR count). The molecule has 1 aliphatic heterocycles. The lowest BCUT2D eigenvalue weighted by Gasteiger charge is -2.23. The van der Waals surface area contributed by atoms with Crippen LogP contribution in [-0.4, -0.2) is 36.1 Å². The molecule has 2 unspecified atom stereocenters. The van der Waals surface area contributed by atoms with E-state index in [0.717, 1.165) is 42.5 Å². The SMILES string of the molecule is COc1cccc(CNC2COCC2n2nc3c(cc2=O)CCCC3)c1Cl. The van der Waals surface area contributed by atoms with Gasteiger partial charge in [-0.05, 0) is 42.9 Å². The first-order chi connectivity index (χ1) is 13.2. The highest BCUT2D eigenvalue weighted by Gasteiger charge is 2.32. The fraction of sp³-hybridized carbons (Fsp3) is 0.500. The van der Waals surface area contributed by atoms with Gasteiger partial charge in [0, 0.05) is 12.6 Å². The van der Waals surface area contributed by atoms with Crippen LogP contribution in [-0.2, 0) is 24.1 Å². The van der Waals surface area contributed by atoms with E-state index in [-0.39, 0.29) is 17.6 Å². The zero-order chi connectivity index (χ0) is 18.8. The van der Waals surface area contributed by atoms with E-state index < -0.39 is 0 Å². The minimum absolute atomic E-state index is 0.000826. The number of ether oxygens (including phenoxy) is 2. The molecular weight excluding hydrogens is 366 g/mol. The monoisotopic (exact) mass is 389 g/mol. The number of aromatic nitrogens is 2. The van der Waals surface area contributed by atoms with Crippen molar-refractivity contribution < 1.29 is 9.47 Å². The third-order valence-corrected chi connectivity index (χ3v) is 5.84. The topological polar surface area (TPSA) is 65.4 Å². The summed E-state index contributed by atoms with van der Waals surface area (Å²) in [6.45, 7) is 1.59. The average Bonchev–Trinajstić information content (AvgIpc) is 3.15. The van der Waals surface area contributed by atoms with Crippen molar-refractivity contribution >= 4 is 11.6 Å². The summed E-state index contributed by atoms with van der Waals surface area (Å²) in [5, 5.41) is 8.77. The molecule has 0 radical (unpaired) electrons. The molecule has 6 nitrogen and oxygen atoms in total. The van der Waals surface area contributed by atoms with Gasteiger partial charge in [-0.15, -0.1) is 0 Å². The van der Waals surface area contributed by atoms with E-state index in [1.165, 1.54) is 0 Å². The minimum atomic E-state index is -0.117. The van der Waals surface area contributed by atoms with Crippen LogP contribution >= 0.6 is 11.6 Å². The molecule has 1 saturated heterocycles. The third kappa shape index (κ3) is 3.74. The Morgan fingerprint density at radius 2 is 2.19 bits per heavy atom. The number of fused-ring (bicyclic) bond motifs is 1. The van der Waals surface area contributed by atoms with Gasteiger partial charge in [-0.3, -0.25) is 4.79 Å². The quantitative estimate of drug-likeness (QED) is 0.851. The summed E-state index contributed by atoms with van der Waals surface area (Å²) in [5.74, 6) is 0.655. The molecule has 2 heterocycles. The van der Waals surface area contributed by atoms with E-state index in [1.807, 2.05) is 18.2 Å². The van der Waals surface area contributed by atoms with Crippen molar-refractivity contribution in [3.63, 3.8) is 0 Å². The van der Waals surface area contributed by atoms with Crippen molar-refractivity contribution in [3.8, 4) is 5.75 Å². The number of hydrogen-bond donors (Lipinski definition) is 1. The van der Waals surface area contributed by atoms with Crippen LogP contribution in [0.2, 0.25) is 5.02 Å². The summed E-state index contributed by atoms with van der Waals surface area (Å²) < 4.78 is 12.6. The molecule has 1 aromatic carbocycles. The maximum atomic E-state index is 12.6. The van der Waals surface area contributed by atoms with Gasteiger partial charge in [0.2, 0.25) is 0 Å². The smallest absolute Gasteiger partial charge is 0.267 e. The second kappa shape index (κ2) is 8.00. The number of aryl methyl sites for hydroxylation is 2. The fourth-order valence-electron chi connectivity index (χ4n) is 3.88. The number of methoxy groups -OCH3 is 1. The molecule has 2 aromatic rings. The molecule has 0 saturated carbocycles. The highest BCUT2D eigenvalue weighted by Crippen LogP contribution is 2.28. The number of benzene rings is 1. The summed E-state index contributed by atoms with van der Waals surface area (Å²) >= 11 is 6.39. The van der Waals surface area contributed by atoms with E-state index in [0.29, 0.717) is 30.5 Å². The Hall–Kier alpha value is -1.89. The molecule has 2 aliphatic rings. The molecule has 1 N–H and O–H groups in total. The molecule has 0 bridgehead atoms. The largest absolute Gasteiger partial charge is 0.495 e. The average molecular weight is 390 g/mol. The van der Waals surface area contributed by atoms with Crippen LogP contribution in [0.25, 0.3) is 0 Å². The Morgan fingerprint density at radius 1 is 1.33 bits per heavy atom. The second-order valence-electron chi connectivity index (χ2n) is 7.13. The Labute approximate surface area is 163 Å². The molecule has 27 heavy (non-hydrogen) atoms. The lowest BCUT2D eigenvalue weighted by molar-refractivity contribution is 0.180. The van der Waals surface area contributed by atoms with Crippen LogP contribution < -0.4 is 15.6 Å². The number of rotatable bonds is 5. The normalized spacial score (nSPS) is 21.9. The van der Waals surface area contributed by atoms with Crippen LogP contribution in [0.5, 0.6) is 5.75 Å². The summed E-state index contributed by atoms with van der Waals surface area (Å²) in [7, 11) is 1.60. The highest BCUT2D eigenvalue weighted by molar-refractivity contribution is 6.32. The maximum Gasteiger partial charge on any atom is 0.267 e. The Bertz CT molecular complexity index is 883. The highest BCUT2D eigenvalue weighted by atomic mass is 35.5. The van der Waals surface area contributed by atoms with Gasteiger partial charge in [0.05, 0.1) is 43.1 Å². The lowest BCUT2D eigenvalue weighted by Crippen LogP contribution is -2.41. The first-order valence-electron chi connectivity index (χ1n) is 9.41. The Balaban J connectivity index is 1.52. The summed E-state index contributed by atoms with van der Waals surface area (Å²) in [4.78, 5) is 12.6. The Morgan fingerprint density at radius 3 is 3.04 bits per heavy atom. The van der Waals surface area contributed by atoms with Crippen molar-refractivity contribution in [1.82, 2.24) is 15.1 Å². The first kappa shape index (κ1) is 18.5. The van der Waals surface area contributed by atoms with Gasteiger partial charge in [-0.25, -0.2) is 4.68 Å². The van der Waals surface area contributed by atoms with E-state index in [2.05, 4.69) is 10.4 Å². The van der Waals surface area contributed by atoms with Gasteiger partial charge in [-0.2, -0.15) is 5.10 Å². The Kier molecular flexibility index (Phi) is 5.48. The van der Waals surface area contributed by atoms with Gasteiger partial charge in [0.15, 0.2) is 0 Å². The van der Waals surface area contributed by atoms with Crippen molar-refractivity contribution in [1.29, 1.82) is 0 Å². The number of nitrogens with one attached hydrogen (secondary N) is 1. The third-order valence-electron chi connectivity index (χ3n) is 5.41. The van der Waals surface area contributed by atoms with Crippen LogP contribution in [0.3, 0.4) is 0 Å². The van der Waals surface area contributed by atoms with Crippen molar-refractivity contribution in [2.45, 2.75) is 44.3 Å².